The van der Waals surface area contributed by atoms with Crippen LogP contribution in [0, 0.1) is 10.1 Å². The number of nitrogens with one attached hydrogen (secondary N) is 1. The van der Waals surface area contributed by atoms with Gasteiger partial charge in [0.25, 0.3) is 5.91 Å². The third kappa shape index (κ3) is 3.13. The SMILES string of the molecule is CCCCCNC(=O)c1c([N+](=O)[O-])c(N)nc2ccccc12. The molecule has 3 N–H and O–H groups in total. The van der Waals surface area contributed by atoms with Crippen LogP contribution in [0.5, 0.6) is 0 Å². The number of nitrogen functional groups attached to an aromatic ring is 1. The van der Waals surface area contributed by atoms with Gasteiger partial charge in [-0.2, -0.15) is 0 Å². The number of hydrogen-bond donors (Lipinski definition) is 2. The van der Waals surface area contributed by atoms with Gasteiger partial charge in [-0.25, -0.2) is 4.98 Å². The zero-order chi connectivity index (χ0) is 16.1. The third-order valence-corrected chi connectivity index (χ3v) is 3.37. The topological polar surface area (TPSA) is 111 Å². The molecule has 0 aliphatic rings. The van der Waals surface area contributed by atoms with E-state index in [2.05, 4.69) is 17.2 Å². The largest absolute Gasteiger partial charge is 0.378 e. The van der Waals surface area contributed by atoms with Crippen molar-refractivity contribution < 1.29 is 9.72 Å². The number of unbranched alkanes of at least 4 members (excludes halogenated alkanes) is 2. The number of carbonyl (C=O) groups is 1. The zero-order valence-corrected chi connectivity index (χ0v) is 12.3. The van der Waals surface area contributed by atoms with Crippen LogP contribution >= 0.6 is 0 Å². The number of fused-ring (bicyclic) bond motifs is 1. The summed E-state index contributed by atoms with van der Waals surface area (Å²) in [5.74, 6) is -0.740. The lowest BCUT2D eigenvalue weighted by Crippen LogP contribution is -2.26. The number of nitrogens with zero attached hydrogens (tertiary/aromatic N) is 2. The number of hydrogen-bond acceptors (Lipinski definition) is 5. The number of benzene rings is 1. The Kier molecular flexibility index (Phi) is 4.88. The van der Waals surface area contributed by atoms with E-state index in [0.717, 1.165) is 19.3 Å². The molecule has 22 heavy (non-hydrogen) atoms. The fourth-order valence-electron chi connectivity index (χ4n) is 2.30. The van der Waals surface area contributed by atoms with E-state index in [1.54, 1.807) is 24.3 Å². The third-order valence-electron chi connectivity index (χ3n) is 3.37. The lowest BCUT2D eigenvalue weighted by Gasteiger charge is -2.09. The van der Waals surface area contributed by atoms with Gasteiger partial charge in [-0.05, 0) is 12.5 Å². The fourth-order valence-corrected chi connectivity index (χ4v) is 2.30. The molecule has 1 heterocycles. The molecule has 1 aromatic carbocycles. The van der Waals surface area contributed by atoms with Crippen molar-refractivity contribution in [2.45, 2.75) is 26.2 Å². The Morgan fingerprint density at radius 3 is 2.77 bits per heavy atom. The van der Waals surface area contributed by atoms with Crippen LogP contribution in [0.2, 0.25) is 0 Å². The van der Waals surface area contributed by atoms with Crippen LogP contribution in [-0.2, 0) is 0 Å². The first-order chi connectivity index (χ1) is 10.6. The Balaban J connectivity index is 2.47. The van der Waals surface area contributed by atoms with Crippen molar-refractivity contribution in [1.82, 2.24) is 10.3 Å². The maximum atomic E-state index is 12.4. The first-order valence-electron chi connectivity index (χ1n) is 7.17. The molecule has 2 rings (SSSR count). The van der Waals surface area contributed by atoms with Gasteiger partial charge >= 0.3 is 5.69 Å². The van der Waals surface area contributed by atoms with Gasteiger partial charge < -0.3 is 11.1 Å². The van der Waals surface area contributed by atoms with E-state index in [4.69, 9.17) is 5.73 Å². The fraction of sp³-hybridized carbons (Fsp3) is 0.333. The molecule has 7 nitrogen and oxygen atoms in total. The second-order valence-corrected chi connectivity index (χ2v) is 4.96. The molecule has 0 aliphatic carbocycles. The van der Waals surface area contributed by atoms with Crippen LogP contribution in [-0.4, -0.2) is 22.4 Å². The molecule has 0 atom stereocenters. The van der Waals surface area contributed by atoms with E-state index in [9.17, 15) is 14.9 Å². The molecule has 0 saturated carbocycles. The number of nitrogens with two attached hydrogens (primary N) is 1. The van der Waals surface area contributed by atoms with E-state index in [1.807, 2.05) is 0 Å². The van der Waals surface area contributed by atoms with Crippen molar-refractivity contribution in [2.75, 3.05) is 12.3 Å². The molecule has 1 aromatic heterocycles. The first-order valence-corrected chi connectivity index (χ1v) is 7.17. The van der Waals surface area contributed by atoms with Crippen molar-refractivity contribution in [2.24, 2.45) is 0 Å². The lowest BCUT2D eigenvalue weighted by atomic mass is 10.1. The number of anilines is 1. The van der Waals surface area contributed by atoms with Gasteiger partial charge in [0.15, 0.2) is 0 Å². The van der Waals surface area contributed by atoms with E-state index in [-0.39, 0.29) is 11.4 Å². The minimum absolute atomic E-state index is 0.0235. The second-order valence-electron chi connectivity index (χ2n) is 4.96. The van der Waals surface area contributed by atoms with Crippen LogP contribution in [0.4, 0.5) is 11.5 Å². The molecule has 0 spiro atoms. The van der Waals surface area contributed by atoms with Crippen LogP contribution in [0.3, 0.4) is 0 Å². The highest BCUT2D eigenvalue weighted by molar-refractivity contribution is 6.11. The summed E-state index contributed by atoms with van der Waals surface area (Å²) in [6.45, 7) is 2.53. The summed E-state index contributed by atoms with van der Waals surface area (Å²) >= 11 is 0. The summed E-state index contributed by atoms with van der Waals surface area (Å²) in [4.78, 5) is 27.0. The highest BCUT2D eigenvalue weighted by Gasteiger charge is 2.27. The Labute approximate surface area is 127 Å². The standard InChI is InChI=1S/C15H18N4O3/c1-2-3-6-9-17-15(20)12-10-7-4-5-8-11(10)18-14(16)13(12)19(21)22/h4-5,7-8H,2-3,6,9H2,1H3,(H2,16,18)(H,17,20). The Morgan fingerprint density at radius 1 is 1.36 bits per heavy atom. The molecule has 116 valence electrons. The van der Waals surface area contributed by atoms with Crippen LogP contribution in [0.25, 0.3) is 10.9 Å². The Bertz CT molecular complexity index is 715. The molecule has 1 amide bonds. The highest BCUT2D eigenvalue weighted by atomic mass is 16.6. The zero-order valence-electron chi connectivity index (χ0n) is 12.3. The number of aromatic nitrogens is 1. The average Bonchev–Trinajstić information content (AvgIpc) is 2.49. The number of amides is 1. The van der Waals surface area contributed by atoms with Crippen LogP contribution < -0.4 is 11.1 Å². The Morgan fingerprint density at radius 2 is 2.09 bits per heavy atom. The van der Waals surface area contributed by atoms with Crippen LogP contribution in [0.1, 0.15) is 36.5 Å². The van der Waals surface area contributed by atoms with Gasteiger partial charge in [0.1, 0.15) is 5.56 Å². The maximum absolute atomic E-state index is 12.4. The minimum atomic E-state index is -0.657. The normalized spacial score (nSPS) is 10.6. The lowest BCUT2D eigenvalue weighted by molar-refractivity contribution is -0.384. The minimum Gasteiger partial charge on any atom is -0.378 e. The number of para-hydroxylation sites is 1. The van der Waals surface area contributed by atoms with Gasteiger partial charge in [-0.3, -0.25) is 14.9 Å². The van der Waals surface area contributed by atoms with Gasteiger partial charge in [-0.1, -0.05) is 38.0 Å². The predicted molar refractivity (Wildman–Crippen MR) is 84.7 cm³/mol. The second kappa shape index (κ2) is 6.84. The number of nitro groups is 1. The average molecular weight is 302 g/mol. The summed E-state index contributed by atoms with van der Waals surface area (Å²) in [7, 11) is 0. The molecule has 0 saturated heterocycles. The molecule has 0 bridgehead atoms. The Hall–Kier alpha value is -2.70. The van der Waals surface area contributed by atoms with E-state index in [0.29, 0.717) is 17.4 Å². The summed E-state index contributed by atoms with van der Waals surface area (Å²) < 4.78 is 0. The maximum Gasteiger partial charge on any atom is 0.324 e. The summed E-state index contributed by atoms with van der Waals surface area (Å²) in [5.41, 5.74) is 5.67. The summed E-state index contributed by atoms with van der Waals surface area (Å²) in [6, 6.07) is 6.75. The number of pyridine rings is 1. The van der Waals surface area contributed by atoms with Gasteiger partial charge in [0.2, 0.25) is 5.82 Å². The molecule has 0 radical (unpaired) electrons. The van der Waals surface area contributed by atoms with Crippen molar-refractivity contribution in [3.8, 4) is 0 Å². The quantitative estimate of drug-likeness (QED) is 0.484. The van der Waals surface area contributed by atoms with Gasteiger partial charge in [-0.15, -0.1) is 0 Å². The number of rotatable bonds is 6. The highest BCUT2D eigenvalue weighted by Crippen LogP contribution is 2.31. The van der Waals surface area contributed by atoms with Crippen molar-refractivity contribution >= 4 is 28.3 Å². The van der Waals surface area contributed by atoms with E-state index in [1.165, 1.54) is 0 Å². The van der Waals surface area contributed by atoms with Gasteiger partial charge in [0, 0.05) is 11.9 Å². The number of carbonyl (C=O) groups excluding carboxylic acids is 1. The summed E-state index contributed by atoms with van der Waals surface area (Å²) in [5, 5.41) is 14.4. The molecule has 0 fully saturated rings. The monoisotopic (exact) mass is 302 g/mol. The molecule has 0 unspecified atom stereocenters. The van der Waals surface area contributed by atoms with Crippen molar-refractivity contribution in [3.63, 3.8) is 0 Å². The molecule has 7 heteroatoms. The molecular weight excluding hydrogens is 284 g/mol. The van der Waals surface area contributed by atoms with Crippen molar-refractivity contribution in [3.05, 3.63) is 39.9 Å². The van der Waals surface area contributed by atoms with Crippen molar-refractivity contribution in [1.29, 1.82) is 0 Å². The first kappa shape index (κ1) is 15.7. The summed E-state index contributed by atoms with van der Waals surface area (Å²) in [6.07, 6.45) is 2.84. The van der Waals surface area contributed by atoms with Gasteiger partial charge in [0.05, 0.1) is 10.4 Å². The van der Waals surface area contributed by atoms with E-state index >= 15 is 0 Å². The smallest absolute Gasteiger partial charge is 0.324 e. The predicted octanol–water partition coefficient (Wildman–Crippen LogP) is 2.65. The molecule has 2 aromatic rings. The van der Waals surface area contributed by atoms with E-state index < -0.39 is 16.5 Å². The molecule has 0 aliphatic heterocycles. The van der Waals surface area contributed by atoms with Crippen LogP contribution in [0.15, 0.2) is 24.3 Å². The molecular formula is C15H18N4O3.